The summed E-state index contributed by atoms with van der Waals surface area (Å²) in [6.45, 7) is 7.24. The summed E-state index contributed by atoms with van der Waals surface area (Å²) in [6.07, 6.45) is 60.3. The van der Waals surface area contributed by atoms with Crippen LogP contribution in [-0.4, -0.2) is 96.7 Å². The number of rotatable bonds is 74. The summed E-state index contributed by atoms with van der Waals surface area (Å²) in [5.74, 6) is -1.35. The van der Waals surface area contributed by atoms with Gasteiger partial charge in [-0.1, -0.05) is 322 Å². The number of hydrogen-bond acceptors (Lipinski definition) is 15. The highest BCUT2D eigenvalue weighted by atomic mass is 31.2. The molecule has 0 aliphatic carbocycles. The Hall–Kier alpha value is -2.46. The highest BCUT2D eigenvalue weighted by Crippen LogP contribution is 2.45. The number of ether oxygens (including phenoxy) is 4. The lowest BCUT2D eigenvalue weighted by molar-refractivity contribution is -0.161. The first-order valence-corrected chi connectivity index (χ1v) is 41.9. The van der Waals surface area contributed by atoms with Crippen LogP contribution in [0.4, 0.5) is 0 Å². The molecule has 560 valence electrons. The third kappa shape index (κ3) is 69.8. The smallest absolute Gasteiger partial charge is 0.462 e. The topological polar surface area (TPSA) is 237 Å². The van der Waals surface area contributed by atoms with Crippen molar-refractivity contribution in [2.75, 3.05) is 39.6 Å². The highest BCUT2D eigenvalue weighted by Gasteiger charge is 2.30. The minimum Gasteiger partial charge on any atom is -0.462 e. The first-order chi connectivity index (χ1) is 46.0. The summed E-state index contributed by atoms with van der Waals surface area (Å²) >= 11 is 0. The summed E-state index contributed by atoms with van der Waals surface area (Å²) in [5, 5.41) is 10.6. The second kappa shape index (κ2) is 68.7. The van der Waals surface area contributed by atoms with Gasteiger partial charge in [-0.05, 0) is 57.3 Å². The molecule has 0 aromatic heterocycles. The van der Waals surface area contributed by atoms with Crippen molar-refractivity contribution in [2.24, 2.45) is 5.92 Å². The molecule has 0 aliphatic rings. The zero-order valence-electron chi connectivity index (χ0n) is 61.3. The van der Waals surface area contributed by atoms with Crippen molar-refractivity contribution < 1.29 is 80.2 Å². The molecule has 3 N–H and O–H groups in total. The number of allylic oxidation sites excluding steroid dienone is 4. The van der Waals surface area contributed by atoms with Gasteiger partial charge in [-0.15, -0.1) is 0 Å². The molecule has 0 saturated heterocycles. The molecule has 0 fully saturated rings. The van der Waals surface area contributed by atoms with Crippen molar-refractivity contribution in [3.63, 3.8) is 0 Å². The van der Waals surface area contributed by atoms with E-state index in [9.17, 15) is 43.2 Å². The van der Waals surface area contributed by atoms with Gasteiger partial charge in [0, 0.05) is 25.7 Å². The fraction of sp³-hybridized carbons (Fsp3) is 0.895. The number of hydrogen-bond donors (Lipinski definition) is 3. The molecule has 0 radical (unpaired) electrons. The second-order valence-corrected chi connectivity index (χ2v) is 30.1. The molecule has 95 heavy (non-hydrogen) atoms. The van der Waals surface area contributed by atoms with Crippen LogP contribution in [0, 0.1) is 5.92 Å². The SMILES string of the molecule is CCCCCC/C=C\C=C/CCCCCCCC(=O)OC[C@H](COP(=O)(O)OC[C@@H](O)COP(=O)(O)OC[C@@H](COC(=O)CCCCCCCCCCCCC)OC(=O)CCCCCCCCCCCCCC)OC(=O)CCCCCCCCCCCCCCCCC(C)C. The lowest BCUT2D eigenvalue weighted by Crippen LogP contribution is -2.30. The molecule has 17 nitrogen and oxygen atoms in total. The van der Waals surface area contributed by atoms with Crippen molar-refractivity contribution in [1.29, 1.82) is 0 Å². The van der Waals surface area contributed by atoms with Gasteiger partial charge in [-0.2, -0.15) is 0 Å². The van der Waals surface area contributed by atoms with Gasteiger partial charge in [0.15, 0.2) is 12.2 Å². The molecule has 0 saturated carbocycles. The molecular weight excluding hydrogens is 1250 g/mol. The maximum absolute atomic E-state index is 13.1. The van der Waals surface area contributed by atoms with E-state index in [0.29, 0.717) is 25.7 Å². The maximum atomic E-state index is 13.1. The Labute approximate surface area is 580 Å². The van der Waals surface area contributed by atoms with E-state index in [-0.39, 0.29) is 25.7 Å². The minimum absolute atomic E-state index is 0.101. The lowest BCUT2D eigenvalue weighted by Gasteiger charge is -2.21. The van der Waals surface area contributed by atoms with Crippen LogP contribution in [0.5, 0.6) is 0 Å². The van der Waals surface area contributed by atoms with E-state index in [1.807, 2.05) is 0 Å². The summed E-state index contributed by atoms with van der Waals surface area (Å²) in [5.41, 5.74) is 0. The van der Waals surface area contributed by atoms with Crippen LogP contribution in [0.25, 0.3) is 0 Å². The molecule has 0 rings (SSSR count). The van der Waals surface area contributed by atoms with Gasteiger partial charge in [0.05, 0.1) is 26.4 Å². The Bertz CT molecular complexity index is 1920. The molecule has 0 aliphatic heterocycles. The first-order valence-electron chi connectivity index (χ1n) is 39.0. The largest absolute Gasteiger partial charge is 0.472 e. The van der Waals surface area contributed by atoms with E-state index in [1.165, 1.54) is 180 Å². The molecule has 0 amide bonds. The molecule has 0 spiro atoms. The van der Waals surface area contributed by atoms with Gasteiger partial charge in [0.2, 0.25) is 0 Å². The summed E-state index contributed by atoms with van der Waals surface area (Å²) in [6, 6.07) is 0. The van der Waals surface area contributed by atoms with Crippen molar-refractivity contribution in [2.45, 2.75) is 393 Å². The molecule has 2 unspecified atom stereocenters. The zero-order chi connectivity index (χ0) is 69.8. The van der Waals surface area contributed by atoms with Crippen molar-refractivity contribution >= 4 is 39.5 Å². The van der Waals surface area contributed by atoms with Crippen LogP contribution in [0.2, 0.25) is 0 Å². The van der Waals surface area contributed by atoms with E-state index in [2.05, 4.69) is 58.9 Å². The predicted octanol–water partition coefficient (Wildman–Crippen LogP) is 22.0. The van der Waals surface area contributed by atoms with Crippen LogP contribution in [-0.2, 0) is 65.4 Å². The monoisotopic (exact) mass is 1390 g/mol. The summed E-state index contributed by atoms with van der Waals surface area (Å²) < 4.78 is 68.5. The highest BCUT2D eigenvalue weighted by molar-refractivity contribution is 7.47. The molecule has 5 atom stereocenters. The van der Waals surface area contributed by atoms with Gasteiger partial charge >= 0.3 is 39.5 Å². The average molecular weight is 1390 g/mol. The molecular formula is C76H144O17P2. The van der Waals surface area contributed by atoms with Gasteiger partial charge in [-0.3, -0.25) is 37.3 Å². The Morgan fingerprint density at radius 2 is 0.568 bits per heavy atom. The Kier molecular flexibility index (Phi) is 66.9. The van der Waals surface area contributed by atoms with Gasteiger partial charge in [-0.25, -0.2) is 9.13 Å². The minimum atomic E-state index is -4.96. The summed E-state index contributed by atoms with van der Waals surface area (Å²) in [7, 11) is -9.92. The fourth-order valence-corrected chi connectivity index (χ4v) is 12.7. The van der Waals surface area contributed by atoms with Crippen molar-refractivity contribution in [1.82, 2.24) is 0 Å². The molecule has 0 aromatic carbocycles. The van der Waals surface area contributed by atoms with Gasteiger partial charge in [0.1, 0.15) is 19.3 Å². The molecule has 0 aromatic rings. The van der Waals surface area contributed by atoms with E-state index < -0.39 is 97.5 Å². The Balaban J connectivity index is 5.28. The predicted molar refractivity (Wildman–Crippen MR) is 386 cm³/mol. The quantitative estimate of drug-likeness (QED) is 0.0169. The maximum Gasteiger partial charge on any atom is 0.472 e. The van der Waals surface area contributed by atoms with E-state index in [1.54, 1.807) is 0 Å². The van der Waals surface area contributed by atoms with Crippen LogP contribution < -0.4 is 0 Å². The first kappa shape index (κ1) is 92.5. The van der Waals surface area contributed by atoms with E-state index >= 15 is 0 Å². The number of phosphoric ester groups is 2. The zero-order valence-corrected chi connectivity index (χ0v) is 63.1. The molecule has 0 heterocycles. The van der Waals surface area contributed by atoms with E-state index in [4.69, 9.17) is 37.0 Å². The third-order valence-electron chi connectivity index (χ3n) is 17.2. The second-order valence-electron chi connectivity index (χ2n) is 27.2. The van der Waals surface area contributed by atoms with Crippen molar-refractivity contribution in [3.8, 4) is 0 Å². The lowest BCUT2D eigenvalue weighted by atomic mass is 10.0. The number of esters is 4. The Morgan fingerprint density at radius 1 is 0.326 bits per heavy atom. The number of phosphoric acid groups is 2. The van der Waals surface area contributed by atoms with Gasteiger partial charge < -0.3 is 33.8 Å². The van der Waals surface area contributed by atoms with Crippen LogP contribution >= 0.6 is 15.6 Å². The van der Waals surface area contributed by atoms with Crippen LogP contribution in [0.1, 0.15) is 375 Å². The number of aliphatic hydroxyl groups is 1. The van der Waals surface area contributed by atoms with Crippen LogP contribution in [0.15, 0.2) is 24.3 Å². The normalized spacial score (nSPS) is 14.1. The van der Waals surface area contributed by atoms with Crippen molar-refractivity contribution in [3.05, 3.63) is 24.3 Å². The van der Waals surface area contributed by atoms with E-state index in [0.717, 1.165) is 115 Å². The number of carbonyl (C=O) groups is 4. The third-order valence-corrected chi connectivity index (χ3v) is 19.1. The molecule has 19 heteroatoms. The van der Waals surface area contributed by atoms with Crippen LogP contribution in [0.3, 0.4) is 0 Å². The summed E-state index contributed by atoms with van der Waals surface area (Å²) in [4.78, 5) is 72.8. The fourth-order valence-electron chi connectivity index (χ4n) is 11.2. The standard InChI is InChI=1S/C76H144O17P2/c1-6-9-12-15-18-21-24-26-27-31-36-40-45-50-55-60-74(79)87-66-72(93-76(81)62-57-52-47-42-37-32-29-28-30-34-38-43-48-53-58-69(4)5)68-91-95(84,85)89-64-70(77)63-88-94(82,83)90-67-71(65-86-73(78)59-54-49-44-39-33-23-20-17-14-11-8-3)92-75(80)61-56-51-46-41-35-25-22-19-16-13-10-7-2/h21,24,26-27,69-72,77H,6-20,22-23,25,28-68H2,1-5H3,(H,82,83)(H,84,85)/b24-21-,27-26-/t70-,71+,72+/m0/s1. The number of aliphatic hydroxyl groups excluding tert-OH is 1. The Morgan fingerprint density at radius 3 is 0.863 bits per heavy atom. The average Bonchev–Trinajstić information content (AvgIpc) is 1.44. The molecule has 0 bridgehead atoms. The number of unbranched alkanes of at least 4 members (excludes halogenated alkanes) is 43. The van der Waals surface area contributed by atoms with Gasteiger partial charge in [0.25, 0.3) is 0 Å². The number of carbonyl (C=O) groups excluding carboxylic acids is 4.